The number of rotatable bonds is 3. The van der Waals surface area contributed by atoms with Gasteiger partial charge in [-0.25, -0.2) is 4.79 Å². The zero-order valence-corrected chi connectivity index (χ0v) is 10.9. The number of carboxylic acid groups (broad SMARTS) is 1. The Hall–Kier alpha value is -1.49. The van der Waals surface area contributed by atoms with Crippen LogP contribution in [-0.4, -0.2) is 39.4 Å². The third-order valence-corrected chi connectivity index (χ3v) is 4.11. The molecule has 1 aromatic carbocycles. The number of carboxylic acids is 1. The fourth-order valence-corrected chi connectivity index (χ4v) is 3.12. The molecule has 1 saturated heterocycles. The van der Waals surface area contributed by atoms with Gasteiger partial charge < -0.3 is 10.0 Å². The van der Waals surface area contributed by atoms with Crippen LogP contribution < -0.4 is 0 Å². The molecule has 2 rings (SSSR count). The highest BCUT2D eigenvalue weighted by atomic mass is 32.2. The molecule has 1 amide bonds. The fourth-order valence-electron chi connectivity index (χ4n) is 2.15. The van der Waals surface area contributed by atoms with Crippen LogP contribution in [0.1, 0.15) is 18.5 Å². The molecule has 0 saturated carbocycles. The SMILES string of the molecule is CC(c1ccccc1)N1C(=O)CSCC1C(=O)O. The summed E-state index contributed by atoms with van der Waals surface area (Å²) < 4.78 is 0. The van der Waals surface area contributed by atoms with Crippen LogP contribution in [0, 0.1) is 0 Å². The van der Waals surface area contributed by atoms with E-state index < -0.39 is 12.0 Å². The fraction of sp³-hybridized carbons (Fsp3) is 0.385. The van der Waals surface area contributed by atoms with E-state index in [-0.39, 0.29) is 11.9 Å². The van der Waals surface area contributed by atoms with Crippen LogP contribution in [0.2, 0.25) is 0 Å². The molecule has 2 atom stereocenters. The van der Waals surface area contributed by atoms with Crippen molar-refractivity contribution in [3.8, 4) is 0 Å². The minimum atomic E-state index is -0.932. The van der Waals surface area contributed by atoms with Crippen molar-refractivity contribution < 1.29 is 14.7 Å². The van der Waals surface area contributed by atoms with Gasteiger partial charge in [0.05, 0.1) is 11.8 Å². The molecule has 4 nitrogen and oxygen atoms in total. The first-order chi connectivity index (χ1) is 8.61. The number of nitrogens with zero attached hydrogens (tertiary/aromatic N) is 1. The highest BCUT2D eigenvalue weighted by molar-refractivity contribution is 8.00. The molecule has 1 heterocycles. The van der Waals surface area contributed by atoms with E-state index in [1.54, 1.807) is 0 Å². The van der Waals surface area contributed by atoms with Crippen molar-refractivity contribution in [1.82, 2.24) is 4.90 Å². The van der Waals surface area contributed by atoms with Crippen molar-refractivity contribution in [3.63, 3.8) is 0 Å². The maximum Gasteiger partial charge on any atom is 0.327 e. The number of amides is 1. The summed E-state index contributed by atoms with van der Waals surface area (Å²) in [6.07, 6.45) is 0. The van der Waals surface area contributed by atoms with Crippen LogP contribution in [0.4, 0.5) is 0 Å². The second-order valence-corrected chi connectivity index (χ2v) is 5.29. The summed E-state index contributed by atoms with van der Waals surface area (Å²) in [5.74, 6) is -0.215. The predicted molar refractivity (Wildman–Crippen MR) is 70.5 cm³/mol. The Kier molecular flexibility index (Phi) is 3.91. The first-order valence-electron chi connectivity index (χ1n) is 5.78. The van der Waals surface area contributed by atoms with Gasteiger partial charge in [0, 0.05) is 5.75 Å². The van der Waals surface area contributed by atoms with Gasteiger partial charge in [-0.2, -0.15) is 0 Å². The average molecular weight is 265 g/mol. The van der Waals surface area contributed by atoms with E-state index in [1.807, 2.05) is 37.3 Å². The number of carbonyl (C=O) groups excluding carboxylic acids is 1. The second kappa shape index (κ2) is 5.44. The Morgan fingerprint density at radius 3 is 2.72 bits per heavy atom. The maximum atomic E-state index is 12.0. The van der Waals surface area contributed by atoms with E-state index in [2.05, 4.69) is 0 Å². The number of hydrogen-bond donors (Lipinski definition) is 1. The van der Waals surface area contributed by atoms with Crippen LogP contribution in [-0.2, 0) is 9.59 Å². The third kappa shape index (κ3) is 2.51. The van der Waals surface area contributed by atoms with Gasteiger partial charge >= 0.3 is 5.97 Å². The van der Waals surface area contributed by atoms with Crippen LogP contribution in [0.25, 0.3) is 0 Å². The molecule has 1 aromatic rings. The minimum Gasteiger partial charge on any atom is -0.480 e. The summed E-state index contributed by atoms with van der Waals surface area (Å²) >= 11 is 1.38. The smallest absolute Gasteiger partial charge is 0.327 e. The molecule has 5 heteroatoms. The molecule has 0 spiro atoms. The topological polar surface area (TPSA) is 57.6 Å². The number of thioether (sulfide) groups is 1. The molecule has 96 valence electrons. The molecule has 0 bridgehead atoms. The number of benzene rings is 1. The molecule has 0 aromatic heterocycles. The first kappa shape index (κ1) is 13.0. The predicted octanol–water partition coefficient (Wildman–Crippen LogP) is 1.78. The summed E-state index contributed by atoms with van der Waals surface area (Å²) in [6, 6.07) is 8.58. The zero-order valence-electron chi connectivity index (χ0n) is 10.1. The molecule has 1 aliphatic rings. The Morgan fingerprint density at radius 1 is 1.44 bits per heavy atom. The van der Waals surface area contributed by atoms with E-state index in [1.165, 1.54) is 16.7 Å². The van der Waals surface area contributed by atoms with Crippen LogP contribution in [0.15, 0.2) is 30.3 Å². The van der Waals surface area contributed by atoms with Gasteiger partial charge in [0.15, 0.2) is 0 Å². The monoisotopic (exact) mass is 265 g/mol. The Balaban J connectivity index is 2.27. The lowest BCUT2D eigenvalue weighted by Crippen LogP contribution is -2.51. The lowest BCUT2D eigenvalue weighted by molar-refractivity contribution is -0.150. The van der Waals surface area contributed by atoms with Gasteiger partial charge in [-0.3, -0.25) is 4.79 Å². The largest absolute Gasteiger partial charge is 0.480 e. The van der Waals surface area contributed by atoms with E-state index in [9.17, 15) is 14.7 Å². The lowest BCUT2D eigenvalue weighted by Gasteiger charge is -2.37. The molecule has 1 N–H and O–H groups in total. The quantitative estimate of drug-likeness (QED) is 0.905. The maximum absolute atomic E-state index is 12.0. The molecule has 0 radical (unpaired) electrons. The summed E-state index contributed by atoms with van der Waals surface area (Å²) in [5.41, 5.74) is 0.962. The van der Waals surface area contributed by atoms with Gasteiger partial charge in [-0.1, -0.05) is 30.3 Å². The minimum absolute atomic E-state index is 0.102. The number of aliphatic carboxylic acids is 1. The highest BCUT2D eigenvalue weighted by Crippen LogP contribution is 2.28. The van der Waals surface area contributed by atoms with E-state index >= 15 is 0 Å². The molecule has 1 fully saturated rings. The molecular formula is C13H15NO3S. The number of hydrogen-bond acceptors (Lipinski definition) is 3. The van der Waals surface area contributed by atoms with Crippen molar-refractivity contribution in [2.75, 3.05) is 11.5 Å². The molecular weight excluding hydrogens is 250 g/mol. The lowest BCUT2D eigenvalue weighted by atomic mass is 10.0. The van der Waals surface area contributed by atoms with Crippen molar-refractivity contribution >= 4 is 23.6 Å². The van der Waals surface area contributed by atoms with E-state index in [0.29, 0.717) is 11.5 Å². The Morgan fingerprint density at radius 2 is 2.11 bits per heavy atom. The second-order valence-electron chi connectivity index (χ2n) is 4.26. The molecule has 2 unspecified atom stereocenters. The van der Waals surface area contributed by atoms with Gasteiger partial charge in [0.1, 0.15) is 6.04 Å². The molecule has 1 aliphatic heterocycles. The number of carbonyl (C=O) groups is 2. The van der Waals surface area contributed by atoms with Crippen molar-refractivity contribution in [2.24, 2.45) is 0 Å². The van der Waals surface area contributed by atoms with Gasteiger partial charge in [-0.05, 0) is 12.5 Å². The zero-order chi connectivity index (χ0) is 13.1. The van der Waals surface area contributed by atoms with Gasteiger partial charge in [0.25, 0.3) is 0 Å². The first-order valence-corrected chi connectivity index (χ1v) is 6.93. The van der Waals surface area contributed by atoms with Crippen molar-refractivity contribution in [3.05, 3.63) is 35.9 Å². The van der Waals surface area contributed by atoms with Gasteiger partial charge in [-0.15, -0.1) is 11.8 Å². The van der Waals surface area contributed by atoms with E-state index in [4.69, 9.17) is 0 Å². The highest BCUT2D eigenvalue weighted by Gasteiger charge is 2.36. The Bertz CT molecular complexity index is 449. The normalized spacial score (nSPS) is 21.7. The molecule has 18 heavy (non-hydrogen) atoms. The summed E-state index contributed by atoms with van der Waals surface area (Å²) in [6.45, 7) is 1.87. The average Bonchev–Trinajstić information content (AvgIpc) is 2.38. The summed E-state index contributed by atoms with van der Waals surface area (Å²) in [4.78, 5) is 24.7. The van der Waals surface area contributed by atoms with Crippen LogP contribution in [0.5, 0.6) is 0 Å². The summed E-state index contributed by atoms with van der Waals surface area (Å²) in [7, 11) is 0. The van der Waals surface area contributed by atoms with Crippen molar-refractivity contribution in [2.45, 2.75) is 19.0 Å². The third-order valence-electron chi connectivity index (χ3n) is 3.11. The summed E-state index contributed by atoms with van der Waals surface area (Å²) in [5, 5.41) is 9.22. The van der Waals surface area contributed by atoms with E-state index in [0.717, 1.165) is 5.56 Å². The van der Waals surface area contributed by atoms with Gasteiger partial charge in [0.2, 0.25) is 5.91 Å². The Labute approximate surface area is 110 Å². The van der Waals surface area contributed by atoms with Crippen LogP contribution >= 0.6 is 11.8 Å². The molecule has 0 aliphatic carbocycles. The van der Waals surface area contributed by atoms with Crippen LogP contribution in [0.3, 0.4) is 0 Å². The van der Waals surface area contributed by atoms with Crippen molar-refractivity contribution in [1.29, 1.82) is 0 Å². The standard InChI is InChI=1S/C13H15NO3S/c1-9(10-5-3-2-4-6-10)14-11(13(16)17)7-18-8-12(14)15/h2-6,9,11H,7-8H2,1H3,(H,16,17).